The zero-order valence-corrected chi connectivity index (χ0v) is 17.8. The summed E-state index contributed by atoms with van der Waals surface area (Å²) in [5.74, 6) is -2.17. The molecule has 2 amide bonds. The second-order valence-electron chi connectivity index (χ2n) is 7.70. The van der Waals surface area contributed by atoms with Crippen LogP contribution in [0, 0.1) is 0 Å². The zero-order valence-electron chi connectivity index (χ0n) is 17.0. The fourth-order valence-electron chi connectivity index (χ4n) is 2.70. The summed E-state index contributed by atoms with van der Waals surface area (Å²) in [6.07, 6.45) is -5.24. The molecule has 0 spiro atoms. The summed E-state index contributed by atoms with van der Waals surface area (Å²) in [6, 6.07) is 2.46. The van der Waals surface area contributed by atoms with Gasteiger partial charge in [-0.05, 0) is 32.9 Å². The highest BCUT2D eigenvalue weighted by molar-refractivity contribution is 7.17. The van der Waals surface area contributed by atoms with Crippen molar-refractivity contribution in [2.45, 2.75) is 38.6 Å². The first kappa shape index (κ1) is 23.0. The number of amides is 2. The first-order chi connectivity index (χ1) is 14.4. The molecule has 2 aromatic heterocycles. The van der Waals surface area contributed by atoms with Gasteiger partial charge in [-0.2, -0.15) is 18.2 Å². The number of nitrogens with one attached hydrogen (secondary N) is 1. The minimum Gasteiger partial charge on any atom is -0.444 e. The van der Waals surface area contributed by atoms with Crippen LogP contribution in [0.25, 0.3) is 10.7 Å². The predicted octanol–water partition coefficient (Wildman–Crippen LogP) is 3.18. The van der Waals surface area contributed by atoms with Crippen molar-refractivity contribution < 1.29 is 36.8 Å². The molecule has 1 N–H and O–H groups in total. The van der Waals surface area contributed by atoms with Gasteiger partial charge in [0.25, 0.3) is 5.91 Å². The molecule has 1 fully saturated rings. The zero-order chi connectivity index (χ0) is 22.8. The lowest BCUT2D eigenvalue weighted by molar-refractivity contribution is -0.159. The summed E-state index contributed by atoms with van der Waals surface area (Å²) in [6.45, 7) is 6.33. The van der Waals surface area contributed by atoms with Crippen molar-refractivity contribution in [3.05, 3.63) is 22.9 Å². The van der Waals surface area contributed by atoms with E-state index in [4.69, 9.17) is 9.47 Å². The molecule has 1 saturated heterocycles. The van der Waals surface area contributed by atoms with E-state index in [1.165, 1.54) is 17.0 Å². The van der Waals surface area contributed by atoms with Gasteiger partial charge in [0, 0.05) is 13.1 Å². The van der Waals surface area contributed by atoms with Gasteiger partial charge in [0.15, 0.2) is 0 Å². The van der Waals surface area contributed by atoms with Crippen LogP contribution in [-0.2, 0) is 15.7 Å². The Kier molecular flexibility index (Phi) is 6.55. The SMILES string of the molecule is CC(C)(C)OC(=O)N1CCOC[C@@H]1CNC(=O)c1ccc(-c2noc(C(F)(F)F)n2)s1. The summed E-state index contributed by atoms with van der Waals surface area (Å²) in [4.78, 5) is 30.2. The van der Waals surface area contributed by atoms with Crippen molar-refractivity contribution in [3.63, 3.8) is 0 Å². The van der Waals surface area contributed by atoms with E-state index in [-0.39, 0.29) is 28.7 Å². The van der Waals surface area contributed by atoms with Gasteiger partial charge in [-0.15, -0.1) is 11.3 Å². The van der Waals surface area contributed by atoms with Gasteiger partial charge in [-0.25, -0.2) is 4.79 Å². The highest BCUT2D eigenvalue weighted by Crippen LogP contribution is 2.31. The van der Waals surface area contributed by atoms with E-state index < -0.39 is 35.7 Å². The maximum Gasteiger partial charge on any atom is 0.471 e. The summed E-state index contributed by atoms with van der Waals surface area (Å²) >= 11 is 0.919. The highest BCUT2D eigenvalue weighted by atomic mass is 32.1. The number of carbonyl (C=O) groups excluding carboxylic acids is 2. The first-order valence-corrected chi connectivity index (χ1v) is 10.1. The molecule has 31 heavy (non-hydrogen) atoms. The Labute approximate surface area is 179 Å². The quantitative estimate of drug-likeness (QED) is 0.744. The number of hydrogen-bond acceptors (Lipinski definition) is 8. The fraction of sp³-hybridized carbons (Fsp3) is 0.556. The van der Waals surface area contributed by atoms with Crippen LogP contribution < -0.4 is 5.32 Å². The van der Waals surface area contributed by atoms with Crippen LogP contribution in [-0.4, -0.2) is 65.0 Å². The van der Waals surface area contributed by atoms with Gasteiger partial charge in [0.1, 0.15) is 5.60 Å². The number of nitrogens with zero attached hydrogens (tertiary/aromatic N) is 3. The average Bonchev–Trinajstić information content (AvgIpc) is 3.34. The molecule has 0 aliphatic carbocycles. The molecule has 0 saturated carbocycles. The average molecular weight is 462 g/mol. The molecule has 1 aliphatic rings. The Balaban J connectivity index is 1.61. The van der Waals surface area contributed by atoms with Crippen LogP contribution in [0.15, 0.2) is 16.7 Å². The molecule has 1 atom stereocenters. The van der Waals surface area contributed by atoms with E-state index in [0.29, 0.717) is 13.2 Å². The number of thiophene rings is 1. The molecule has 13 heteroatoms. The molecule has 0 unspecified atom stereocenters. The normalized spacial score (nSPS) is 17.5. The molecule has 3 heterocycles. The third-order valence-corrected chi connectivity index (χ3v) is 5.15. The van der Waals surface area contributed by atoms with Gasteiger partial charge < -0.3 is 19.3 Å². The number of rotatable bonds is 4. The third kappa shape index (κ3) is 5.94. The third-order valence-electron chi connectivity index (χ3n) is 4.07. The molecule has 0 aromatic carbocycles. The molecule has 170 valence electrons. The van der Waals surface area contributed by atoms with Crippen molar-refractivity contribution in [3.8, 4) is 10.7 Å². The fourth-order valence-corrected chi connectivity index (χ4v) is 3.55. The van der Waals surface area contributed by atoms with Crippen molar-refractivity contribution in [2.75, 3.05) is 26.3 Å². The molecule has 1 aliphatic heterocycles. The maximum absolute atomic E-state index is 12.6. The predicted molar refractivity (Wildman–Crippen MR) is 102 cm³/mol. The van der Waals surface area contributed by atoms with E-state index in [2.05, 4.69) is 20.0 Å². The van der Waals surface area contributed by atoms with E-state index in [9.17, 15) is 22.8 Å². The second-order valence-corrected chi connectivity index (χ2v) is 8.78. The van der Waals surface area contributed by atoms with Crippen molar-refractivity contribution in [1.82, 2.24) is 20.4 Å². The minimum absolute atomic E-state index is 0.117. The number of morpholine rings is 1. The van der Waals surface area contributed by atoms with Crippen molar-refractivity contribution in [1.29, 1.82) is 0 Å². The lowest BCUT2D eigenvalue weighted by atomic mass is 10.2. The lowest BCUT2D eigenvalue weighted by Gasteiger charge is -2.36. The minimum atomic E-state index is -4.75. The van der Waals surface area contributed by atoms with E-state index in [1.54, 1.807) is 20.8 Å². The second kappa shape index (κ2) is 8.83. The van der Waals surface area contributed by atoms with Crippen LogP contribution in [0.1, 0.15) is 36.3 Å². The number of hydrogen-bond donors (Lipinski definition) is 1. The summed E-state index contributed by atoms with van der Waals surface area (Å²) in [5.41, 5.74) is -0.655. The monoisotopic (exact) mass is 462 g/mol. The molecule has 3 rings (SSSR count). The number of ether oxygens (including phenoxy) is 2. The summed E-state index contributed by atoms with van der Waals surface area (Å²) < 4.78 is 52.8. The van der Waals surface area contributed by atoms with Gasteiger partial charge in [0.2, 0.25) is 5.82 Å². The topological polar surface area (TPSA) is 107 Å². The van der Waals surface area contributed by atoms with Crippen LogP contribution in [0.4, 0.5) is 18.0 Å². The van der Waals surface area contributed by atoms with Crippen LogP contribution >= 0.6 is 11.3 Å². The van der Waals surface area contributed by atoms with Crippen molar-refractivity contribution in [2.24, 2.45) is 0 Å². The van der Waals surface area contributed by atoms with Gasteiger partial charge in [-0.3, -0.25) is 9.69 Å². The van der Waals surface area contributed by atoms with E-state index in [0.717, 1.165) is 11.3 Å². The van der Waals surface area contributed by atoms with Gasteiger partial charge in [-0.1, -0.05) is 5.16 Å². The van der Waals surface area contributed by atoms with Crippen LogP contribution in [0.5, 0.6) is 0 Å². The molecule has 0 radical (unpaired) electrons. The standard InChI is InChI=1S/C18H21F3N4O5S/c1-17(2,3)29-16(27)25-6-7-28-9-10(25)8-22-14(26)12-5-4-11(31-12)13-23-15(30-24-13)18(19,20)21/h4-5,10H,6-9H2,1-3H3,(H,22,26)/t10-/m0/s1. The maximum atomic E-state index is 12.6. The Morgan fingerprint density at radius 1 is 1.32 bits per heavy atom. The lowest BCUT2D eigenvalue weighted by Crippen LogP contribution is -2.54. The Morgan fingerprint density at radius 3 is 2.71 bits per heavy atom. The largest absolute Gasteiger partial charge is 0.471 e. The Hall–Kier alpha value is -2.67. The highest BCUT2D eigenvalue weighted by Gasteiger charge is 2.38. The Bertz CT molecular complexity index is 937. The summed E-state index contributed by atoms with van der Waals surface area (Å²) in [5, 5.41) is 6.01. The number of halogens is 3. The number of alkyl halides is 3. The molecule has 9 nitrogen and oxygen atoms in total. The van der Waals surface area contributed by atoms with Gasteiger partial charge >= 0.3 is 18.2 Å². The summed E-state index contributed by atoms with van der Waals surface area (Å²) in [7, 11) is 0. The molecule has 0 bridgehead atoms. The van der Waals surface area contributed by atoms with Gasteiger partial charge in [0.05, 0.1) is 29.0 Å². The van der Waals surface area contributed by atoms with Crippen molar-refractivity contribution >= 4 is 23.3 Å². The first-order valence-electron chi connectivity index (χ1n) is 9.31. The van der Waals surface area contributed by atoms with Crippen LogP contribution in [0.3, 0.4) is 0 Å². The van der Waals surface area contributed by atoms with Crippen LogP contribution in [0.2, 0.25) is 0 Å². The number of carbonyl (C=O) groups is 2. The van der Waals surface area contributed by atoms with E-state index in [1.807, 2.05) is 0 Å². The smallest absolute Gasteiger partial charge is 0.444 e. The molecular weight excluding hydrogens is 441 g/mol. The number of aromatic nitrogens is 2. The van der Waals surface area contributed by atoms with E-state index >= 15 is 0 Å². The molecular formula is C18H21F3N4O5S. The molecule has 2 aromatic rings. The Morgan fingerprint density at radius 2 is 2.06 bits per heavy atom.